The van der Waals surface area contributed by atoms with Gasteiger partial charge in [0, 0.05) is 5.56 Å². The minimum Gasteiger partial charge on any atom is -0.496 e. The van der Waals surface area contributed by atoms with E-state index in [0.717, 1.165) is 31.6 Å². The molecule has 1 aromatic carbocycles. The van der Waals surface area contributed by atoms with Gasteiger partial charge in [0.05, 0.1) is 7.11 Å². The highest BCUT2D eigenvalue weighted by Gasteiger charge is 2.13. The third kappa shape index (κ3) is 2.05. The predicted octanol–water partition coefficient (Wildman–Crippen LogP) is 2.37. The van der Waals surface area contributed by atoms with Crippen molar-refractivity contribution in [3.05, 3.63) is 34.9 Å². The summed E-state index contributed by atoms with van der Waals surface area (Å²) in [6.45, 7) is 0.741. The molecular formula is C13H17NO. The molecule has 2 N–H and O–H groups in total. The fraction of sp³-hybridized carbons (Fsp3) is 0.385. The molecule has 0 aliphatic heterocycles. The zero-order valence-corrected chi connectivity index (χ0v) is 9.12. The summed E-state index contributed by atoms with van der Waals surface area (Å²) in [4.78, 5) is 0. The first-order valence-electron chi connectivity index (χ1n) is 5.40. The summed E-state index contributed by atoms with van der Waals surface area (Å²) >= 11 is 0. The molecule has 0 radical (unpaired) electrons. The third-order valence-corrected chi connectivity index (χ3v) is 2.91. The minimum atomic E-state index is 0.741. The minimum absolute atomic E-state index is 0.741. The van der Waals surface area contributed by atoms with Crippen molar-refractivity contribution in [1.82, 2.24) is 0 Å². The first-order valence-corrected chi connectivity index (χ1v) is 5.40. The number of nitrogens with two attached hydrogens (primary N) is 1. The van der Waals surface area contributed by atoms with E-state index in [4.69, 9.17) is 10.5 Å². The van der Waals surface area contributed by atoms with Crippen LogP contribution in [0.15, 0.2) is 23.8 Å². The Bertz CT molecular complexity index is 382. The Morgan fingerprint density at radius 1 is 1.33 bits per heavy atom. The van der Waals surface area contributed by atoms with Crippen LogP contribution in [0.2, 0.25) is 0 Å². The molecule has 0 fully saturated rings. The maximum atomic E-state index is 5.57. The number of ether oxygens (including phenoxy) is 1. The van der Waals surface area contributed by atoms with Crippen LogP contribution in [0, 0.1) is 0 Å². The van der Waals surface area contributed by atoms with Crippen LogP contribution in [0.1, 0.15) is 24.0 Å². The molecule has 2 heteroatoms. The van der Waals surface area contributed by atoms with Crippen molar-refractivity contribution >= 4 is 6.08 Å². The molecule has 0 spiro atoms. The van der Waals surface area contributed by atoms with Gasteiger partial charge in [-0.1, -0.05) is 23.8 Å². The van der Waals surface area contributed by atoms with Gasteiger partial charge in [0.1, 0.15) is 5.75 Å². The van der Waals surface area contributed by atoms with Crippen LogP contribution in [0.25, 0.3) is 6.08 Å². The van der Waals surface area contributed by atoms with Crippen LogP contribution in [-0.4, -0.2) is 13.7 Å². The summed E-state index contributed by atoms with van der Waals surface area (Å²) in [6.07, 6.45) is 5.46. The van der Waals surface area contributed by atoms with Crippen molar-refractivity contribution in [1.29, 1.82) is 0 Å². The Hall–Kier alpha value is -1.28. The van der Waals surface area contributed by atoms with Gasteiger partial charge in [-0.05, 0) is 37.4 Å². The standard InChI is InChI=1S/C13H17NO/c1-15-13-4-2-3-11-9-10(7-8-14)5-6-12(11)13/h2-4,9H,5-8,14H2,1H3. The molecule has 0 atom stereocenters. The van der Waals surface area contributed by atoms with Gasteiger partial charge in [-0.3, -0.25) is 0 Å². The highest BCUT2D eigenvalue weighted by Crippen LogP contribution is 2.31. The van der Waals surface area contributed by atoms with E-state index in [2.05, 4.69) is 12.1 Å². The van der Waals surface area contributed by atoms with E-state index in [0.29, 0.717) is 0 Å². The average molecular weight is 203 g/mol. The summed E-state index contributed by atoms with van der Waals surface area (Å²) in [6, 6.07) is 6.22. The summed E-state index contributed by atoms with van der Waals surface area (Å²) in [5.74, 6) is 1.01. The van der Waals surface area contributed by atoms with Gasteiger partial charge in [0.15, 0.2) is 0 Å². The molecule has 15 heavy (non-hydrogen) atoms. The second kappa shape index (κ2) is 4.49. The number of hydrogen-bond donors (Lipinski definition) is 1. The lowest BCUT2D eigenvalue weighted by molar-refractivity contribution is 0.409. The molecule has 2 rings (SSSR count). The first kappa shape index (κ1) is 10.2. The highest BCUT2D eigenvalue weighted by atomic mass is 16.5. The monoisotopic (exact) mass is 203 g/mol. The van der Waals surface area contributed by atoms with Crippen molar-refractivity contribution in [2.75, 3.05) is 13.7 Å². The molecule has 0 bridgehead atoms. The normalized spacial score (nSPS) is 14.4. The number of rotatable bonds is 3. The molecule has 0 heterocycles. The highest BCUT2D eigenvalue weighted by molar-refractivity contribution is 5.62. The van der Waals surface area contributed by atoms with Gasteiger partial charge in [-0.2, -0.15) is 0 Å². The lowest BCUT2D eigenvalue weighted by Crippen LogP contribution is -2.06. The Kier molecular flexibility index (Phi) is 3.07. The quantitative estimate of drug-likeness (QED) is 0.818. The lowest BCUT2D eigenvalue weighted by atomic mass is 9.90. The van der Waals surface area contributed by atoms with Crippen LogP contribution in [0.5, 0.6) is 5.75 Å². The average Bonchev–Trinajstić information content (AvgIpc) is 2.28. The van der Waals surface area contributed by atoms with E-state index in [1.54, 1.807) is 7.11 Å². The van der Waals surface area contributed by atoms with E-state index in [9.17, 15) is 0 Å². The molecule has 80 valence electrons. The zero-order chi connectivity index (χ0) is 10.7. The molecule has 0 aromatic heterocycles. The van der Waals surface area contributed by atoms with Crippen LogP contribution >= 0.6 is 0 Å². The van der Waals surface area contributed by atoms with Gasteiger partial charge in [0.2, 0.25) is 0 Å². The van der Waals surface area contributed by atoms with Crippen LogP contribution in [-0.2, 0) is 6.42 Å². The fourth-order valence-electron chi connectivity index (χ4n) is 2.14. The van der Waals surface area contributed by atoms with Gasteiger partial charge >= 0.3 is 0 Å². The third-order valence-electron chi connectivity index (χ3n) is 2.91. The smallest absolute Gasteiger partial charge is 0.122 e. The Labute approximate surface area is 90.7 Å². The van der Waals surface area contributed by atoms with E-state index in [-0.39, 0.29) is 0 Å². The molecular weight excluding hydrogens is 186 g/mol. The van der Waals surface area contributed by atoms with Gasteiger partial charge in [-0.25, -0.2) is 0 Å². The fourth-order valence-corrected chi connectivity index (χ4v) is 2.14. The van der Waals surface area contributed by atoms with Crippen molar-refractivity contribution < 1.29 is 4.74 Å². The SMILES string of the molecule is COc1cccc2c1CCC(CCN)=C2. The molecule has 2 nitrogen and oxygen atoms in total. The molecule has 0 saturated heterocycles. The summed E-state index contributed by atoms with van der Waals surface area (Å²) in [7, 11) is 1.73. The van der Waals surface area contributed by atoms with Crippen molar-refractivity contribution in [3.8, 4) is 5.75 Å². The van der Waals surface area contributed by atoms with Crippen molar-refractivity contribution in [2.45, 2.75) is 19.3 Å². The van der Waals surface area contributed by atoms with Gasteiger partial charge in [-0.15, -0.1) is 0 Å². The van der Waals surface area contributed by atoms with E-state index >= 15 is 0 Å². The zero-order valence-electron chi connectivity index (χ0n) is 9.12. The van der Waals surface area contributed by atoms with Crippen LogP contribution < -0.4 is 10.5 Å². The van der Waals surface area contributed by atoms with E-state index < -0.39 is 0 Å². The Morgan fingerprint density at radius 3 is 2.93 bits per heavy atom. The number of fused-ring (bicyclic) bond motifs is 1. The van der Waals surface area contributed by atoms with Crippen LogP contribution in [0.3, 0.4) is 0 Å². The number of benzene rings is 1. The summed E-state index contributed by atoms with van der Waals surface area (Å²) in [5.41, 5.74) is 9.66. The molecule has 0 saturated carbocycles. The predicted molar refractivity (Wildman–Crippen MR) is 63.0 cm³/mol. The van der Waals surface area contributed by atoms with Crippen LogP contribution in [0.4, 0.5) is 0 Å². The van der Waals surface area contributed by atoms with Crippen molar-refractivity contribution in [3.63, 3.8) is 0 Å². The largest absolute Gasteiger partial charge is 0.496 e. The number of methoxy groups -OCH3 is 1. The molecule has 1 aliphatic carbocycles. The van der Waals surface area contributed by atoms with E-state index in [1.807, 2.05) is 12.1 Å². The number of hydrogen-bond acceptors (Lipinski definition) is 2. The summed E-state index contributed by atoms with van der Waals surface area (Å²) in [5, 5.41) is 0. The molecule has 0 unspecified atom stereocenters. The second-order valence-electron chi connectivity index (χ2n) is 3.87. The Morgan fingerprint density at radius 2 is 2.20 bits per heavy atom. The maximum Gasteiger partial charge on any atom is 0.122 e. The lowest BCUT2D eigenvalue weighted by Gasteiger charge is -2.18. The van der Waals surface area contributed by atoms with E-state index in [1.165, 1.54) is 16.7 Å². The Balaban J connectivity index is 2.34. The second-order valence-corrected chi connectivity index (χ2v) is 3.87. The van der Waals surface area contributed by atoms with Gasteiger partial charge in [0.25, 0.3) is 0 Å². The molecule has 1 aliphatic rings. The topological polar surface area (TPSA) is 35.2 Å². The van der Waals surface area contributed by atoms with Gasteiger partial charge < -0.3 is 10.5 Å². The van der Waals surface area contributed by atoms with Crippen molar-refractivity contribution in [2.24, 2.45) is 5.73 Å². The molecule has 0 amide bonds. The molecule has 1 aromatic rings. The summed E-state index contributed by atoms with van der Waals surface area (Å²) < 4.78 is 5.35. The maximum absolute atomic E-state index is 5.57. The first-order chi connectivity index (χ1) is 7.35.